The molecule has 8 heteroatoms. The Hall–Kier alpha value is -2.42. The SMILES string of the molecule is COc1cccc(NC2=NC=NN3CCC(CN4CC[C@@H](N)[C@@H](O)C4)=C23)c1. The molecule has 3 aliphatic rings. The quantitative estimate of drug-likeness (QED) is 0.726. The van der Waals surface area contributed by atoms with E-state index >= 15 is 0 Å². The van der Waals surface area contributed by atoms with Gasteiger partial charge in [0.05, 0.1) is 13.2 Å². The number of β-amino-alcohol motifs (C(OH)–C–C–N with tert-alkyl or cyclic N) is 1. The number of benzene rings is 1. The lowest BCUT2D eigenvalue weighted by atomic mass is 10.0. The van der Waals surface area contributed by atoms with Gasteiger partial charge in [-0.1, -0.05) is 6.07 Å². The van der Waals surface area contributed by atoms with Gasteiger partial charge >= 0.3 is 0 Å². The van der Waals surface area contributed by atoms with Crippen LogP contribution in [-0.2, 0) is 0 Å². The van der Waals surface area contributed by atoms with Crippen LogP contribution in [0.15, 0.2) is 45.6 Å². The van der Waals surface area contributed by atoms with Crippen LogP contribution in [0.3, 0.4) is 0 Å². The van der Waals surface area contributed by atoms with Gasteiger partial charge in [-0.25, -0.2) is 4.99 Å². The molecule has 1 aromatic carbocycles. The zero-order chi connectivity index (χ0) is 18.8. The summed E-state index contributed by atoms with van der Waals surface area (Å²) in [4.78, 5) is 6.74. The molecule has 1 aromatic rings. The molecule has 0 amide bonds. The predicted molar refractivity (Wildman–Crippen MR) is 106 cm³/mol. The smallest absolute Gasteiger partial charge is 0.157 e. The van der Waals surface area contributed by atoms with Gasteiger partial charge < -0.3 is 20.9 Å². The molecular weight excluding hydrogens is 344 g/mol. The Morgan fingerprint density at radius 3 is 3.07 bits per heavy atom. The van der Waals surface area contributed by atoms with Crippen LogP contribution in [0.2, 0.25) is 0 Å². The standard InChI is InChI=1S/C19H26N6O2/c1-27-15-4-2-3-14(9-15)23-19-18-13(5-8-25(18)22-12-21-19)10-24-7-6-16(20)17(26)11-24/h2-4,9,12,16-17,26H,5-8,10-11,20H2,1H3,(H,21,22,23)/t16-,17+/m1/s1. The molecule has 27 heavy (non-hydrogen) atoms. The number of likely N-dealkylation sites (tertiary alicyclic amines) is 1. The van der Waals surface area contributed by atoms with E-state index in [1.54, 1.807) is 13.4 Å². The van der Waals surface area contributed by atoms with Gasteiger partial charge in [0.25, 0.3) is 0 Å². The Morgan fingerprint density at radius 1 is 1.37 bits per heavy atom. The van der Waals surface area contributed by atoms with Crippen molar-refractivity contribution in [2.75, 3.05) is 38.6 Å². The molecular formula is C19H26N6O2. The molecule has 3 aliphatic heterocycles. The van der Waals surface area contributed by atoms with E-state index in [9.17, 15) is 5.11 Å². The highest BCUT2D eigenvalue weighted by Gasteiger charge is 2.31. The van der Waals surface area contributed by atoms with Crippen LogP contribution in [0, 0.1) is 0 Å². The first-order chi connectivity index (χ1) is 13.1. The van der Waals surface area contributed by atoms with Gasteiger partial charge in [-0.2, -0.15) is 5.10 Å². The third-order valence-electron chi connectivity index (χ3n) is 5.29. The number of aliphatic imine (C=N–C) groups is 1. The van der Waals surface area contributed by atoms with E-state index in [0.29, 0.717) is 6.54 Å². The Balaban J connectivity index is 1.54. The number of ether oxygens (including phenoxy) is 1. The topological polar surface area (TPSA) is 98.7 Å². The molecule has 144 valence electrons. The maximum atomic E-state index is 10.1. The molecule has 0 aromatic heterocycles. The molecule has 0 aliphatic carbocycles. The zero-order valence-corrected chi connectivity index (χ0v) is 15.5. The Kier molecular flexibility index (Phi) is 5.11. The van der Waals surface area contributed by atoms with Crippen LogP contribution in [0.4, 0.5) is 5.69 Å². The molecule has 8 nitrogen and oxygen atoms in total. The maximum Gasteiger partial charge on any atom is 0.157 e. The minimum absolute atomic E-state index is 0.120. The average Bonchev–Trinajstić information content (AvgIpc) is 3.09. The monoisotopic (exact) mass is 370 g/mol. The number of hydrazone groups is 1. The summed E-state index contributed by atoms with van der Waals surface area (Å²) in [5.41, 5.74) is 9.16. The fraction of sp³-hybridized carbons (Fsp3) is 0.474. The number of nitrogens with one attached hydrogen (secondary N) is 1. The first kappa shape index (κ1) is 18.0. The molecule has 0 radical (unpaired) electrons. The predicted octanol–water partition coefficient (Wildman–Crippen LogP) is 0.816. The summed E-state index contributed by atoms with van der Waals surface area (Å²) in [5, 5.41) is 19.9. The average molecular weight is 370 g/mol. The number of rotatable bonds is 4. The summed E-state index contributed by atoms with van der Waals surface area (Å²) in [6.07, 6.45) is 2.87. The number of nitrogens with two attached hydrogens (primary N) is 1. The molecule has 4 N–H and O–H groups in total. The second kappa shape index (κ2) is 7.67. The van der Waals surface area contributed by atoms with E-state index in [2.05, 4.69) is 20.3 Å². The molecule has 0 saturated carbocycles. The van der Waals surface area contributed by atoms with E-state index in [1.807, 2.05) is 29.3 Å². The van der Waals surface area contributed by atoms with Crippen molar-refractivity contribution < 1.29 is 9.84 Å². The van der Waals surface area contributed by atoms with Gasteiger partial charge in [0, 0.05) is 44.0 Å². The number of methoxy groups -OCH3 is 1. The lowest BCUT2D eigenvalue weighted by Gasteiger charge is -2.34. The van der Waals surface area contributed by atoms with Gasteiger partial charge in [0.2, 0.25) is 0 Å². The maximum absolute atomic E-state index is 10.1. The number of amidine groups is 1. The molecule has 1 saturated heterocycles. The second-order valence-corrected chi connectivity index (χ2v) is 7.15. The largest absolute Gasteiger partial charge is 0.497 e. The van der Waals surface area contributed by atoms with Gasteiger partial charge in [0.15, 0.2) is 5.84 Å². The Morgan fingerprint density at radius 2 is 2.26 bits per heavy atom. The molecule has 2 atom stereocenters. The Bertz CT molecular complexity index is 790. The highest BCUT2D eigenvalue weighted by atomic mass is 16.5. The lowest BCUT2D eigenvalue weighted by Crippen LogP contribution is -2.50. The number of hydrogen-bond acceptors (Lipinski definition) is 8. The van der Waals surface area contributed by atoms with E-state index in [-0.39, 0.29) is 6.04 Å². The van der Waals surface area contributed by atoms with Crippen LogP contribution >= 0.6 is 0 Å². The van der Waals surface area contributed by atoms with E-state index in [0.717, 1.165) is 55.4 Å². The van der Waals surface area contributed by atoms with Crippen molar-refractivity contribution in [3.05, 3.63) is 35.5 Å². The van der Waals surface area contributed by atoms with Crippen molar-refractivity contribution in [2.24, 2.45) is 15.8 Å². The summed E-state index contributed by atoms with van der Waals surface area (Å²) in [6, 6.07) is 7.66. The summed E-state index contributed by atoms with van der Waals surface area (Å²) in [7, 11) is 1.65. The van der Waals surface area contributed by atoms with Crippen LogP contribution in [0.25, 0.3) is 0 Å². The van der Waals surface area contributed by atoms with Crippen LogP contribution in [-0.4, -0.2) is 72.6 Å². The molecule has 0 unspecified atom stereocenters. The normalized spacial score (nSPS) is 25.4. The fourth-order valence-electron chi connectivity index (χ4n) is 3.78. The minimum atomic E-state index is -0.464. The van der Waals surface area contributed by atoms with Crippen molar-refractivity contribution in [2.45, 2.75) is 25.0 Å². The van der Waals surface area contributed by atoms with E-state index < -0.39 is 6.10 Å². The van der Waals surface area contributed by atoms with Crippen LogP contribution < -0.4 is 15.8 Å². The third-order valence-corrected chi connectivity index (χ3v) is 5.29. The number of hydrogen-bond donors (Lipinski definition) is 3. The molecule has 3 heterocycles. The highest BCUT2D eigenvalue weighted by Crippen LogP contribution is 2.29. The summed E-state index contributed by atoms with van der Waals surface area (Å²) in [6.45, 7) is 3.14. The van der Waals surface area contributed by atoms with Crippen LogP contribution in [0.5, 0.6) is 5.75 Å². The number of aliphatic hydroxyl groups excluding tert-OH is 1. The summed E-state index contributed by atoms with van der Waals surface area (Å²) >= 11 is 0. The molecule has 4 rings (SSSR count). The van der Waals surface area contributed by atoms with Crippen molar-refractivity contribution in [3.63, 3.8) is 0 Å². The van der Waals surface area contributed by atoms with Crippen molar-refractivity contribution in [1.29, 1.82) is 0 Å². The van der Waals surface area contributed by atoms with Crippen molar-refractivity contribution in [1.82, 2.24) is 9.91 Å². The third kappa shape index (κ3) is 3.83. The fourth-order valence-corrected chi connectivity index (χ4v) is 3.78. The molecule has 0 bridgehead atoms. The second-order valence-electron chi connectivity index (χ2n) is 7.15. The molecule has 1 fully saturated rings. The van der Waals surface area contributed by atoms with Crippen molar-refractivity contribution >= 4 is 17.9 Å². The number of aliphatic hydroxyl groups is 1. The highest BCUT2D eigenvalue weighted by molar-refractivity contribution is 6.12. The van der Waals surface area contributed by atoms with Gasteiger partial charge in [-0.15, -0.1) is 0 Å². The van der Waals surface area contributed by atoms with Gasteiger partial charge in [-0.05, 0) is 30.5 Å². The number of nitrogens with zero attached hydrogens (tertiary/aromatic N) is 4. The number of piperidine rings is 1. The van der Waals surface area contributed by atoms with E-state index in [1.165, 1.54) is 5.57 Å². The lowest BCUT2D eigenvalue weighted by molar-refractivity contribution is 0.0578. The first-order valence-corrected chi connectivity index (χ1v) is 9.31. The Labute approximate surface area is 159 Å². The molecule has 0 spiro atoms. The van der Waals surface area contributed by atoms with Crippen LogP contribution in [0.1, 0.15) is 12.8 Å². The number of anilines is 1. The van der Waals surface area contributed by atoms with Crippen molar-refractivity contribution in [3.8, 4) is 5.75 Å². The summed E-state index contributed by atoms with van der Waals surface area (Å²) in [5.74, 6) is 1.58. The summed E-state index contributed by atoms with van der Waals surface area (Å²) < 4.78 is 5.30. The van der Waals surface area contributed by atoms with E-state index in [4.69, 9.17) is 10.5 Å². The number of fused-ring (bicyclic) bond motifs is 1. The minimum Gasteiger partial charge on any atom is -0.497 e. The van der Waals surface area contributed by atoms with Gasteiger partial charge in [0.1, 0.15) is 17.8 Å². The zero-order valence-electron chi connectivity index (χ0n) is 15.5. The van der Waals surface area contributed by atoms with Gasteiger partial charge in [-0.3, -0.25) is 9.91 Å². The first-order valence-electron chi connectivity index (χ1n) is 9.31.